The molecule has 5 nitrogen and oxygen atoms in total. The molecule has 0 aliphatic carbocycles. The van der Waals surface area contributed by atoms with Gasteiger partial charge in [-0.1, -0.05) is 0 Å². The number of hydrogen-bond donors (Lipinski definition) is 0. The number of nitrogens with zero attached hydrogens (tertiary/aromatic N) is 5. The summed E-state index contributed by atoms with van der Waals surface area (Å²) in [7, 11) is 0. The molecule has 3 rings (SSSR count). The number of fused-ring (bicyclic) bond motifs is 1. The minimum Gasteiger partial charge on any atom is -0.312 e. The summed E-state index contributed by atoms with van der Waals surface area (Å²) in [5.41, 5.74) is 0. The predicted octanol–water partition coefficient (Wildman–Crippen LogP) is 1.37. The summed E-state index contributed by atoms with van der Waals surface area (Å²) in [6.45, 7) is 3.12. The molecular formula is C11H15N5S. The Morgan fingerprint density at radius 1 is 1.35 bits per heavy atom. The molecule has 2 aromatic heterocycles. The Hall–Kier alpha value is -1.30. The molecule has 0 radical (unpaired) electrons. The molecule has 90 valence electrons. The number of hydrogen-bond acceptors (Lipinski definition) is 4. The van der Waals surface area contributed by atoms with Gasteiger partial charge in [0.15, 0.2) is 5.82 Å². The van der Waals surface area contributed by atoms with E-state index in [1.54, 1.807) is 6.20 Å². The average molecular weight is 249 g/mol. The molecule has 2 aromatic rings. The van der Waals surface area contributed by atoms with Gasteiger partial charge in [0.05, 0.1) is 0 Å². The lowest BCUT2D eigenvalue weighted by Crippen LogP contribution is -2.15. The molecule has 0 fully saturated rings. The number of aryl methyl sites for hydroxylation is 1. The highest BCUT2D eigenvalue weighted by atomic mass is 32.2. The summed E-state index contributed by atoms with van der Waals surface area (Å²) in [6, 6.07) is 2.08. The standard InChI is InChI=1S/C11H15N5S/c1-9(16-5-2-4-12-16)11-14-13-10-3-7-17-8-6-15(10)11/h2,4-5,9H,3,6-8H2,1H3. The molecule has 6 heteroatoms. The van der Waals surface area contributed by atoms with Crippen molar-refractivity contribution < 1.29 is 0 Å². The highest BCUT2D eigenvalue weighted by Crippen LogP contribution is 2.20. The minimum absolute atomic E-state index is 0.148. The van der Waals surface area contributed by atoms with Gasteiger partial charge < -0.3 is 4.57 Å². The first-order valence-electron chi connectivity index (χ1n) is 5.85. The lowest BCUT2D eigenvalue weighted by Gasteiger charge is -2.13. The lowest BCUT2D eigenvalue weighted by atomic mass is 10.3. The van der Waals surface area contributed by atoms with Crippen LogP contribution >= 0.6 is 11.8 Å². The summed E-state index contributed by atoms with van der Waals surface area (Å²) in [4.78, 5) is 0. The van der Waals surface area contributed by atoms with Gasteiger partial charge in [-0.05, 0) is 13.0 Å². The molecule has 1 unspecified atom stereocenters. The summed E-state index contributed by atoms with van der Waals surface area (Å²) in [5.74, 6) is 4.42. The van der Waals surface area contributed by atoms with Crippen LogP contribution in [0, 0.1) is 0 Å². The largest absolute Gasteiger partial charge is 0.312 e. The molecule has 3 heterocycles. The van der Waals surface area contributed by atoms with Crippen LogP contribution < -0.4 is 0 Å². The van der Waals surface area contributed by atoms with Gasteiger partial charge in [-0.3, -0.25) is 4.68 Å². The molecule has 0 saturated heterocycles. The van der Waals surface area contributed by atoms with Gasteiger partial charge in [-0.15, -0.1) is 10.2 Å². The summed E-state index contributed by atoms with van der Waals surface area (Å²) >= 11 is 1.98. The molecular weight excluding hydrogens is 234 g/mol. The number of thioether (sulfide) groups is 1. The van der Waals surface area contributed by atoms with Crippen LogP contribution in [0.2, 0.25) is 0 Å². The predicted molar refractivity (Wildman–Crippen MR) is 67.1 cm³/mol. The third-order valence-corrected chi connectivity index (χ3v) is 4.04. The molecule has 17 heavy (non-hydrogen) atoms. The second kappa shape index (κ2) is 4.52. The van der Waals surface area contributed by atoms with Gasteiger partial charge >= 0.3 is 0 Å². The molecule has 0 amide bonds. The van der Waals surface area contributed by atoms with Gasteiger partial charge in [0.25, 0.3) is 0 Å². The van der Waals surface area contributed by atoms with Crippen LogP contribution in [0.25, 0.3) is 0 Å². The first kappa shape index (κ1) is 10.8. The zero-order valence-corrected chi connectivity index (χ0v) is 10.6. The van der Waals surface area contributed by atoms with Crippen LogP contribution in [-0.4, -0.2) is 36.1 Å². The third kappa shape index (κ3) is 1.97. The SMILES string of the molecule is CC(c1nnc2n1CCSCC2)n1cccn1. The van der Waals surface area contributed by atoms with Crippen molar-refractivity contribution in [3.8, 4) is 0 Å². The smallest absolute Gasteiger partial charge is 0.157 e. The maximum Gasteiger partial charge on any atom is 0.157 e. The highest BCUT2D eigenvalue weighted by molar-refractivity contribution is 7.99. The van der Waals surface area contributed by atoms with E-state index >= 15 is 0 Å². The normalized spacial score (nSPS) is 17.5. The van der Waals surface area contributed by atoms with Crippen molar-refractivity contribution in [2.24, 2.45) is 0 Å². The first-order valence-corrected chi connectivity index (χ1v) is 7.00. The van der Waals surface area contributed by atoms with Crippen LogP contribution in [0.15, 0.2) is 18.5 Å². The average Bonchev–Trinajstić information content (AvgIpc) is 2.94. The summed E-state index contributed by atoms with van der Waals surface area (Å²) in [6.07, 6.45) is 4.79. The van der Waals surface area contributed by atoms with Crippen molar-refractivity contribution in [2.45, 2.75) is 25.9 Å². The van der Waals surface area contributed by atoms with Gasteiger partial charge in [0.2, 0.25) is 0 Å². The fourth-order valence-electron chi connectivity index (χ4n) is 2.14. The van der Waals surface area contributed by atoms with Crippen molar-refractivity contribution in [1.82, 2.24) is 24.5 Å². The molecule has 0 aromatic carbocycles. The Bertz CT molecular complexity index is 490. The molecule has 0 N–H and O–H groups in total. The fraction of sp³-hybridized carbons (Fsp3) is 0.545. The van der Waals surface area contributed by atoms with E-state index in [0.717, 1.165) is 36.1 Å². The molecule has 1 aliphatic heterocycles. The van der Waals surface area contributed by atoms with Gasteiger partial charge in [-0.2, -0.15) is 16.9 Å². The maximum absolute atomic E-state index is 4.34. The first-order chi connectivity index (χ1) is 8.36. The Labute approximate surface area is 104 Å². The van der Waals surface area contributed by atoms with E-state index in [9.17, 15) is 0 Å². The van der Waals surface area contributed by atoms with Crippen molar-refractivity contribution in [1.29, 1.82) is 0 Å². The zero-order valence-electron chi connectivity index (χ0n) is 9.78. The summed E-state index contributed by atoms with van der Waals surface area (Å²) < 4.78 is 4.18. The van der Waals surface area contributed by atoms with Crippen LogP contribution in [0.1, 0.15) is 24.6 Å². The quantitative estimate of drug-likeness (QED) is 0.806. The number of aromatic nitrogens is 5. The second-order valence-corrected chi connectivity index (χ2v) is 5.38. The van der Waals surface area contributed by atoms with Gasteiger partial charge in [0, 0.05) is 36.9 Å². The highest BCUT2D eigenvalue weighted by Gasteiger charge is 2.20. The van der Waals surface area contributed by atoms with Crippen molar-refractivity contribution in [2.75, 3.05) is 11.5 Å². The fourth-order valence-corrected chi connectivity index (χ4v) is 2.98. The molecule has 0 spiro atoms. The Balaban J connectivity index is 1.95. The van der Waals surface area contributed by atoms with E-state index in [1.165, 1.54) is 0 Å². The monoisotopic (exact) mass is 249 g/mol. The Morgan fingerprint density at radius 2 is 2.29 bits per heavy atom. The van der Waals surface area contributed by atoms with Crippen molar-refractivity contribution in [3.05, 3.63) is 30.1 Å². The maximum atomic E-state index is 4.34. The summed E-state index contributed by atoms with van der Waals surface area (Å²) in [5, 5.41) is 12.9. The van der Waals surface area contributed by atoms with E-state index in [-0.39, 0.29) is 6.04 Å². The lowest BCUT2D eigenvalue weighted by molar-refractivity contribution is 0.506. The number of rotatable bonds is 2. The van der Waals surface area contributed by atoms with Crippen LogP contribution in [-0.2, 0) is 13.0 Å². The zero-order chi connectivity index (χ0) is 11.7. The van der Waals surface area contributed by atoms with Gasteiger partial charge in [-0.25, -0.2) is 0 Å². The third-order valence-electron chi connectivity index (χ3n) is 3.08. The van der Waals surface area contributed by atoms with Crippen LogP contribution in [0.5, 0.6) is 0 Å². The van der Waals surface area contributed by atoms with E-state index < -0.39 is 0 Å². The van der Waals surface area contributed by atoms with Crippen molar-refractivity contribution >= 4 is 11.8 Å². The molecule has 0 saturated carbocycles. The minimum atomic E-state index is 0.148. The molecule has 1 aliphatic rings. The van der Waals surface area contributed by atoms with E-state index in [2.05, 4.69) is 26.8 Å². The van der Waals surface area contributed by atoms with Crippen LogP contribution in [0.3, 0.4) is 0 Å². The second-order valence-electron chi connectivity index (χ2n) is 4.15. The Kier molecular flexibility index (Phi) is 2.88. The van der Waals surface area contributed by atoms with E-state index in [4.69, 9.17) is 0 Å². The van der Waals surface area contributed by atoms with E-state index in [0.29, 0.717) is 0 Å². The van der Waals surface area contributed by atoms with E-state index in [1.807, 2.05) is 28.7 Å². The molecule has 1 atom stereocenters. The molecule has 0 bridgehead atoms. The topological polar surface area (TPSA) is 48.5 Å². The Morgan fingerprint density at radius 3 is 3.12 bits per heavy atom. The van der Waals surface area contributed by atoms with Gasteiger partial charge in [0.1, 0.15) is 11.9 Å². The van der Waals surface area contributed by atoms with Crippen LogP contribution in [0.4, 0.5) is 0 Å². The van der Waals surface area contributed by atoms with Crippen molar-refractivity contribution in [3.63, 3.8) is 0 Å².